The summed E-state index contributed by atoms with van der Waals surface area (Å²) in [5, 5.41) is 6.53. The minimum atomic E-state index is 0.808. The van der Waals surface area contributed by atoms with E-state index >= 15 is 0 Å². The molecule has 0 spiro atoms. The Bertz CT molecular complexity index is 684. The SMILES string of the molecule is c1csc(-c2nc3c4c(ncn3n2)CCC4)c1. The van der Waals surface area contributed by atoms with Crippen LogP contribution in [0.1, 0.15) is 17.7 Å². The highest BCUT2D eigenvalue weighted by molar-refractivity contribution is 7.13. The molecule has 4 nitrogen and oxygen atoms in total. The fraction of sp³-hybridized carbons (Fsp3) is 0.250. The van der Waals surface area contributed by atoms with Crippen LogP contribution >= 0.6 is 11.3 Å². The molecular weight excluding hydrogens is 232 g/mol. The number of hydrogen-bond donors (Lipinski definition) is 0. The number of thiophene rings is 1. The summed E-state index contributed by atoms with van der Waals surface area (Å²) in [6.07, 6.45) is 5.12. The highest BCUT2D eigenvalue weighted by Gasteiger charge is 2.18. The molecule has 0 bridgehead atoms. The minimum absolute atomic E-state index is 0.808. The Morgan fingerprint density at radius 3 is 3.18 bits per heavy atom. The molecule has 1 aliphatic carbocycles. The van der Waals surface area contributed by atoms with Gasteiger partial charge in [0.25, 0.3) is 0 Å². The maximum atomic E-state index is 4.65. The van der Waals surface area contributed by atoms with Crippen molar-refractivity contribution >= 4 is 17.0 Å². The molecule has 3 aromatic heterocycles. The molecule has 0 saturated heterocycles. The van der Waals surface area contributed by atoms with Gasteiger partial charge >= 0.3 is 0 Å². The maximum Gasteiger partial charge on any atom is 0.192 e. The topological polar surface area (TPSA) is 43.1 Å². The van der Waals surface area contributed by atoms with Crippen LogP contribution in [0.5, 0.6) is 0 Å². The molecule has 0 radical (unpaired) electrons. The molecule has 1 aliphatic rings. The quantitative estimate of drug-likeness (QED) is 0.658. The van der Waals surface area contributed by atoms with Crippen molar-refractivity contribution in [1.82, 2.24) is 19.6 Å². The fourth-order valence-electron chi connectivity index (χ4n) is 2.36. The van der Waals surface area contributed by atoms with Crippen molar-refractivity contribution in [1.29, 1.82) is 0 Å². The third-order valence-corrected chi connectivity index (χ3v) is 4.02. The van der Waals surface area contributed by atoms with Crippen LogP contribution in [0.15, 0.2) is 23.8 Å². The summed E-state index contributed by atoms with van der Waals surface area (Å²) >= 11 is 1.67. The van der Waals surface area contributed by atoms with Crippen molar-refractivity contribution < 1.29 is 0 Å². The van der Waals surface area contributed by atoms with Crippen LogP contribution in [0.4, 0.5) is 0 Å². The van der Waals surface area contributed by atoms with E-state index in [1.165, 1.54) is 17.7 Å². The largest absolute Gasteiger partial charge is 0.241 e. The van der Waals surface area contributed by atoms with Crippen LogP contribution in [0.3, 0.4) is 0 Å². The molecule has 0 aliphatic heterocycles. The highest BCUT2D eigenvalue weighted by Crippen LogP contribution is 2.26. The third-order valence-electron chi connectivity index (χ3n) is 3.15. The van der Waals surface area contributed by atoms with Gasteiger partial charge in [0, 0.05) is 11.3 Å². The number of aromatic nitrogens is 4. The summed E-state index contributed by atoms with van der Waals surface area (Å²) < 4.78 is 1.80. The molecule has 0 unspecified atom stereocenters. The maximum absolute atomic E-state index is 4.65. The van der Waals surface area contributed by atoms with Crippen LogP contribution in [0.2, 0.25) is 0 Å². The molecule has 0 fully saturated rings. The van der Waals surface area contributed by atoms with Gasteiger partial charge in [-0.1, -0.05) is 6.07 Å². The monoisotopic (exact) mass is 242 g/mol. The Kier molecular flexibility index (Phi) is 1.84. The number of fused-ring (bicyclic) bond motifs is 3. The summed E-state index contributed by atoms with van der Waals surface area (Å²) in [4.78, 5) is 10.2. The first-order chi connectivity index (χ1) is 8.42. The van der Waals surface area contributed by atoms with Gasteiger partial charge in [-0.3, -0.25) is 0 Å². The Morgan fingerprint density at radius 1 is 1.29 bits per heavy atom. The Labute approximate surface area is 102 Å². The lowest BCUT2D eigenvalue weighted by atomic mass is 10.2. The minimum Gasteiger partial charge on any atom is -0.241 e. The van der Waals surface area contributed by atoms with E-state index < -0.39 is 0 Å². The zero-order chi connectivity index (χ0) is 11.2. The van der Waals surface area contributed by atoms with Crippen LogP contribution < -0.4 is 0 Å². The second kappa shape index (κ2) is 3.37. The van der Waals surface area contributed by atoms with E-state index in [0.29, 0.717) is 0 Å². The molecule has 0 amide bonds. The van der Waals surface area contributed by atoms with E-state index in [1.54, 1.807) is 22.2 Å². The van der Waals surface area contributed by atoms with Crippen LogP contribution in [-0.2, 0) is 12.8 Å². The molecule has 5 heteroatoms. The first-order valence-corrected chi connectivity index (χ1v) is 6.57. The van der Waals surface area contributed by atoms with Gasteiger partial charge in [0.15, 0.2) is 11.5 Å². The van der Waals surface area contributed by atoms with Gasteiger partial charge in [0.05, 0.1) is 4.88 Å². The average molecular weight is 242 g/mol. The molecule has 0 saturated carbocycles. The average Bonchev–Trinajstić information content (AvgIpc) is 3.08. The molecule has 0 N–H and O–H groups in total. The van der Waals surface area contributed by atoms with Crippen molar-refractivity contribution in [3.63, 3.8) is 0 Å². The molecule has 3 aromatic rings. The smallest absolute Gasteiger partial charge is 0.192 e. The summed E-state index contributed by atoms with van der Waals surface area (Å²) in [7, 11) is 0. The predicted octanol–water partition coefficient (Wildman–Crippen LogP) is 2.34. The second-order valence-electron chi connectivity index (χ2n) is 4.20. The first kappa shape index (κ1) is 9.30. The van der Waals surface area contributed by atoms with Gasteiger partial charge in [0.2, 0.25) is 0 Å². The van der Waals surface area contributed by atoms with E-state index in [0.717, 1.165) is 29.2 Å². The number of hydrogen-bond acceptors (Lipinski definition) is 4. The zero-order valence-electron chi connectivity index (χ0n) is 9.13. The van der Waals surface area contributed by atoms with Crippen molar-refractivity contribution in [2.24, 2.45) is 0 Å². The van der Waals surface area contributed by atoms with Gasteiger partial charge < -0.3 is 0 Å². The lowest BCUT2D eigenvalue weighted by molar-refractivity contribution is 0.888. The third kappa shape index (κ3) is 1.32. The summed E-state index contributed by atoms with van der Waals surface area (Å²) in [6, 6.07) is 4.07. The Morgan fingerprint density at radius 2 is 2.29 bits per heavy atom. The lowest BCUT2D eigenvalue weighted by Gasteiger charge is -1.97. The molecule has 0 atom stereocenters. The lowest BCUT2D eigenvalue weighted by Crippen LogP contribution is -1.96. The van der Waals surface area contributed by atoms with E-state index in [4.69, 9.17) is 0 Å². The van der Waals surface area contributed by atoms with Crippen molar-refractivity contribution in [3.05, 3.63) is 35.1 Å². The van der Waals surface area contributed by atoms with Gasteiger partial charge in [0.1, 0.15) is 6.33 Å². The molecule has 0 aromatic carbocycles. The van der Waals surface area contributed by atoms with Gasteiger partial charge in [-0.2, -0.15) is 0 Å². The standard InChI is InChI=1S/C12H10N4S/c1-3-8-9(4-1)13-7-16-12(8)14-11(15-16)10-5-2-6-17-10/h2,5-7H,1,3-4H2. The predicted molar refractivity (Wildman–Crippen MR) is 66.1 cm³/mol. The normalized spacial score (nSPS) is 14.4. The van der Waals surface area contributed by atoms with Gasteiger partial charge in [-0.15, -0.1) is 16.4 Å². The van der Waals surface area contributed by atoms with Crippen molar-refractivity contribution in [2.45, 2.75) is 19.3 Å². The van der Waals surface area contributed by atoms with Crippen LogP contribution in [0, 0.1) is 0 Å². The molecular formula is C12H10N4S. The van der Waals surface area contributed by atoms with Gasteiger partial charge in [-0.05, 0) is 30.7 Å². The molecule has 17 heavy (non-hydrogen) atoms. The van der Waals surface area contributed by atoms with E-state index in [-0.39, 0.29) is 0 Å². The summed E-state index contributed by atoms with van der Waals surface area (Å²) in [6.45, 7) is 0. The first-order valence-electron chi connectivity index (χ1n) is 5.69. The Hall–Kier alpha value is -1.75. The fourth-order valence-corrected chi connectivity index (χ4v) is 3.01. The molecule has 84 valence electrons. The molecule has 4 rings (SSSR count). The van der Waals surface area contributed by atoms with E-state index in [9.17, 15) is 0 Å². The van der Waals surface area contributed by atoms with E-state index in [1.807, 2.05) is 17.5 Å². The zero-order valence-corrected chi connectivity index (χ0v) is 9.94. The Balaban J connectivity index is 1.99. The van der Waals surface area contributed by atoms with Crippen LogP contribution in [0.25, 0.3) is 16.3 Å². The second-order valence-corrected chi connectivity index (χ2v) is 5.15. The molecule has 3 heterocycles. The summed E-state index contributed by atoms with van der Waals surface area (Å²) in [5.74, 6) is 0.808. The van der Waals surface area contributed by atoms with Gasteiger partial charge in [-0.25, -0.2) is 14.5 Å². The number of nitrogens with zero attached hydrogens (tertiary/aromatic N) is 4. The summed E-state index contributed by atoms with van der Waals surface area (Å²) in [5.41, 5.74) is 3.46. The van der Waals surface area contributed by atoms with E-state index in [2.05, 4.69) is 15.1 Å². The van der Waals surface area contributed by atoms with Crippen molar-refractivity contribution in [3.8, 4) is 10.7 Å². The van der Waals surface area contributed by atoms with Crippen molar-refractivity contribution in [2.75, 3.05) is 0 Å². The number of aryl methyl sites for hydroxylation is 2. The highest BCUT2D eigenvalue weighted by atomic mass is 32.1. The number of rotatable bonds is 1. The van der Waals surface area contributed by atoms with Crippen LogP contribution in [-0.4, -0.2) is 19.6 Å².